The summed E-state index contributed by atoms with van der Waals surface area (Å²) in [5, 5.41) is 11.2. The molecule has 186 valence electrons. The van der Waals surface area contributed by atoms with E-state index in [1.165, 1.54) is 0 Å². The minimum Gasteiger partial charge on any atom is -0.531 e. The smallest absolute Gasteiger partial charge is 0.320 e. The van der Waals surface area contributed by atoms with Crippen LogP contribution in [0.2, 0.25) is 5.04 Å². The first-order valence-electron chi connectivity index (χ1n) is 12.0. The van der Waals surface area contributed by atoms with E-state index >= 15 is 0 Å². The highest BCUT2D eigenvalue weighted by molar-refractivity contribution is 7.00. The van der Waals surface area contributed by atoms with E-state index in [1.807, 2.05) is 36.4 Å². The number of hydrogen-bond donors (Lipinski definition) is 1. The lowest BCUT2D eigenvalue weighted by atomic mass is 10.00. The Balaban J connectivity index is 1.93. The van der Waals surface area contributed by atoms with Crippen LogP contribution in [0.4, 0.5) is 5.69 Å². The number of ether oxygens (including phenoxy) is 1. The minimum absolute atomic E-state index is 0.277. The molecule has 0 heterocycles. The number of carbonyl (C=O) groups is 1. The third-order valence-corrected chi connectivity index (χ3v) is 11.4. The van der Waals surface area contributed by atoms with E-state index in [9.17, 15) is 10.1 Å². The Hall–Kier alpha value is -4.34. The topological polar surface area (TPSA) is 85.3 Å². The van der Waals surface area contributed by atoms with Crippen LogP contribution in [0.3, 0.4) is 0 Å². The second kappa shape index (κ2) is 10.3. The van der Waals surface area contributed by atoms with E-state index in [4.69, 9.17) is 14.9 Å². The molecule has 0 aliphatic carbocycles. The van der Waals surface area contributed by atoms with E-state index < -0.39 is 8.32 Å². The number of methoxy groups -OCH3 is 1. The van der Waals surface area contributed by atoms with Crippen molar-refractivity contribution in [2.24, 2.45) is 0 Å². The molecule has 0 fully saturated rings. The molecular formula is C31H30N2O3Si. The van der Waals surface area contributed by atoms with Gasteiger partial charge in [-0.3, -0.25) is 4.79 Å². The van der Waals surface area contributed by atoms with Crippen LogP contribution in [-0.2, 0) is 0 Å². The number of benzene rings is 4. The molecule has 4 rings (SSSR count). The fourth-order valence-corrected chi connectivity index (χ4v) is 9.13. The van der Waals surface area contributed by atoms with Crippen molar-refractivity contribution in [1.82, 2.24) is 0 Å². The van der Waals surface area contributed by atoms with Gasteiger partial charge in [-0.2, -0.15) is 5.26 Å². The lowest BCUT2D eigenvalue weighted by molar-refractivity contribution is 0.103. The predicted molar refractivity (Wildman–Crippen MR) is 150 cm³/mol. The van der Waals surface area contributed by atoms with Crippen molar-refractivity contribution in [3.8, 4) is 17.6 Å². The Labute approximate surface area is 219 Å². The Bertz CT molecular complexity index is 1420. The molecule has 4 aromatic rings. The molecule has 6 heteroatoms. The third-order valence-electron chi connectivity index (χ3n) is 6.51. The summed E-state index contributed by atoms with van der Waals surface area (Å²) in [7, 11) is -1.42. The van der Waals surface area contributed by atoms with E-state index in [1.54, 1.807) is 43.5 Å². The van der Waals surface area contributed by atoms with Crippen LogP contribution in [0.15, 0.2) is 97.1 Å². The van der Waals surface area contributed by atoms with Gasteiger partial charge in [-0.1, -0.05) is 93.6 Å². The highest BCUT2D eigenvalue weighted by Crippen LogP contribution is 2.41. The van der Waals surface area contributed by atoms with Crippen LogP contribution >= 0.6 is 0 Å². The summed E-state index contributed by atoms with van der Waals surface area (Å²) >= 11 is 0. The van der Waals surface area contributed by atoms with Crippen LogP contribution < -0.4 is 25.3 Å². The van der Waals surface area contributed by atoms with E-state index in [0.717, 1.165) is 10.4 Å². The molecule has 0 aliphatic rings. The van der Waals surface area contributed by atoms with Crippen molar-refractivity contribution >= 4 is 30.2 Å². The Morgan fingerprint density at radius 2 is 1.43 bits per heavy atom. The molecule has 0 unspecified atom stereocenters. The maximum Gasteiger partial charge on any atom is 0.320 e. The minimum atomic E-state index is -2.98. The highest BCUT2D eigenvalue weighted by atomic mass is 28.4. The SMILES string of the molecule is COc1cc(N)c(C(=O)c2cccc(C#N)c2)cc1O[Si](c1ccccc1)(c1ccccc1)C(C)(C)C. The first-order chi connectivity index (χ1) is 17.7. The molecule has 0 amide bonds. The number of nitriles is 1. The monoisotopic (exact) mass is 506 g/mol. The molecule has 2 N–H and O–H groups in total. The molecule has 0 saturated heterocycles. The fraction of sp³-hybridized carbons (Fsp3) is 0.161. The molecule has 0 spiro atoms. The van der Waals surface area contributed by atoms with Gasteiger partial charge in [-0.15, -0.1) is 0 Å². The van der Waals surface area contributed by atoms with Crippen LogP contribution in [0.1, 0.15) is 42.3 Å². The summed E-state index contributed by atoms with van der Waals surface area (Å²) in [6.45, 7) is 6.55. The molecule has 37 heavy (non-hydrogen) atoms. The maximum atomic E-state index is 13.5. The maximum absolute atomic E-state index is 13.5. The zero-order valence-electron chi connectivity index (χ0n) is 21.5. The standard InChI is InChI=1S/C31H30N2O3Si/c1-31(2,3)37(24-14-7-5-8-15-24,25-16-9-6-10-17-25)36-29-19-26(27(33)20-28(29)35-4)30(34)23-13-11-12-22(18-23)21-32/h5-20H,33H2,1-4H3. The summed E-state index contributed by atoms with van der Waals surface area (Å²) in [5.74, 6) is 0.614. The molecule has 0 aromatic heterocycles. The van der Waals surface area contributed by atoms with Crippen LogP contribution in [-0.4, -0.2) is 21.2 Å². The number of anilines is 1. The summed E-state index contributed by atoms with van der Waals surface area (Å²) in [5.41, 5.74) is 7.69. The molecule has 0 bridgehead atoms. The fourth-order valence-electron chi connectivity index (χ4n) is 4.71. The van der Waals surface area contributed by atoms with Gasteiger partial charge in [-0.25, -0.2) is 0 Å². The van der Waals surface area contributed by atoms with Gasteiger partial charge in [0.1, 0.15) is 5.75 Å². The van der Waals surface area contributed by atoms with Gasteiger partial charge in [0.15, 0.2) is 11.5 Å². The average Bonchev–Trinajstić information content (AvgIpc) is 2.92. The summed E-state index contributed by atoms with van der Waals surface area (Å²) in [4.78, 5) is 13.5. The number of nitrogens with two attached hydrogens (primary N) is 1. The second-order valence-electron chi connectivity index (χ2n) is 9.88. The van der Waals surface area contributed by atoms with Crippen molar-refractivity contribution < 1.29 is 14.0 Å². The number of nitrogen functional groups attached to an aromatic ring is 1. The summed E-state index contributed by atoms with van der Waals surface area (Å²) in [6, 6.07) is 32.5. The molecule has 0 saturated carbocycles. The largest absolute Gasteiger partial charge is 0.531 e. The first-order valence-corrected chi connectivity index (χ1v) is 13.9. The van der Waals surface area contributed by atoms with Gasteiger partial charge in [0.2, 0.25) is 0 Å². The molecule has 0 atom stereocenters. The van der Waals surface area contributed by atoms with Crippen molar-refractivity contribution in [1.29, 1.82) is 5.26 Å². The third kappa shape index (κ3) is 4.86. The second-order valence-corrected chi connectivity index (χ2v) is 14.1. The average molecular weight is 507 g/mol. The van der Waals surface area contributed by atoms with Gasteiger partial charge in [0, 0.05) is 22.9 Å². The summed E-state index contributed by atoms with van der Waals surface area (Å²) < 4.78 is 12.8. The normalized spacial score (nSPS) is 11.4. The van der Waals surface area contributed by atoms with E-state index in [0.29, 0.717) is 28.2 Å². The van der Waals surface area contributed by atoms with Crippen LogP contribution in [0.5, 0.6) is 11.5 Å². The highest BCUT2D eigenvalue weighted by Gasteiger charge is 2.52. The van der Waals surface area contributed by atoms with E-state index in [2.05, 4.69) is 51.1 Å². The van der Waals surface area contributed by atoms with Gasteiger partial charge in [-0.05, 0) is 33.6 Å². The Kier molecular flexibility index (Phi) is 7.19. The Morgan fingerprint density at radius 1 is 0.838 bits per heavy atom. The van der Waals surface area contributed by atoms with Crippen LogP contribution in [0, 0.1) is 11.3 Å². The first kappa shape index (κ1) is 25.7. The van der Waals surface area contributed by atoms with Crippen molar-refractivity contribution in [3.05, 3.63) is 114 Å². The van der Waals surface area contributed by atoms with Crippen molar-refractivity contribution in [3.63, 3.8) is 0 Å². The zero-order chi connectivity index (χ0) is 26.6. The predicted octanol–water partition coefficient (Wildman–Crippen LogP) is 5.32. The lowest BCUT2D eigenvalue weighted by Gasteiger charge is -2.43. The quantitative estimate of drug-likeness (QED) is 0.208. The molecule has 0 radical (unpaired) electrons. The van der Waals surface area contributed by atoms with Gasteiger partial charge in [0.05, 0.1) is 18.7 Å². The number of rotatable bonds is 7. The van der Waals surface area contributed by atoms with Gasteiger partial charge < -0.3 is 14.9 Å². The lowest BCUT2D eigenvalue weighted by Crippen LogP contribution is -2.68. The molecule has 0 aliphatic heterocycles. The Morgan fingerprint density at radius 3 is 1.95 bits per heavy atom. The molecular weight excluding hydrogens is 476 g/mol. The molecule has 4 aromatic carbocycles. The summed E-state index contributed by atoms with van der Waals surface area (Å²) in [6.07, 6.45) is 0. The van der Waals surface area contributed by atoms with Gasteiger partial charge >= 0.3 is 8.32 Å². The number of ketones is 1. The number of nitrogens with zero attached hydrogens (tertiary/aromatic N) is 1. The van der Waals surface area contributed by atoms with E-state index in [-0.39, 0.29) is 16.5 Å². The van der Waals surface area contributed by atoms with Crippen molar-refractivity contribution in [2.45, 2.75) is 25.8 Å². The van der Waals surface area contributed by atoms with Gasteiger partial charge in [0.25, 0.3) is 0 Å². The molecule has 5 nitrogen and oxygen atoms in total. The number of hydrogen-bond acceptors (Lipinski definition) is 5. The zero-order valence-corrected chi connectivity index (χ0v) is 22.5. The number of carbonyl (C=O) groups excluding carboxylic acids is 1. The van der Waals surface area contributed by atoms with Crippen LogP contribution in [0.25, 0.3) is 0 Å². The van der Waals surface area contributed by atoms with Crippen molar-refractivity contribution in [2.75, 3.05) is 12.8 Å².